The molecular weight excluding hydrogens is 993 g/mol. The molecule has 0 aromatic rings. The van der Waals surface area contributed by atoms with Gasteiger partial charge in [0.25, 0.3) is 0 Å². The van der Waals surface area contributed by atoms with E-state index in [-0.39, 0.29) is 41.3 Å². The fourth-order valence-electron chi connectivity index (χ4n) is 15.3. The summed E-state index contributed by atoms with van der Waals surface area (Å²) >= 11 is 0. The summed E-state index contributed by atoms with van der Waals surface area (Å²) in [6.07, 6.45) is -21.5. The molecule has 432 valence electrons. The third-order valence-electron chi connectivity index (χ3n) is 19.8. The van der Waals surface area contributed by atoms with E-state index < -0.39 is 155 Å². The van der Waals surface area contributed by atoms with Gasteiger partial charge in [-0.2, -0.15) is 0 Å². The van der Waals surface area contributed by atoms with Crippen molar-refractivity contribution in [3.63, 3.8) is 0 Å². The number of ether oxygens (including phenoxy) is 10. The molecule has 5 saturated heterocycles. The highest BCUT2D eigenvalue weighted by molar-refractivity contribution is 5.26. The molecule has 0 bridgehead atoms. The lowest BCUT2D eigenvalue weighted by atomic mass is 9.47. The second-order valence-corrected chi connectivity index (χ2v) is 24.0. The van der Waals surface area contributed by atoms with Gasteiger partial charge in [-0.25, -0.2) is 0 Å². The van der Waals surface area contributed by atoms with Crippen LogP contribution < -0.4 is 0 Å². The Morgan fingerprint density at radius 3 is 1.85 bits per heavy atom. The molecule has 23 heteroatoms. The summed E-state index contributed by atoms with van der Waals surface area (Å²) in [5, 5.41) is 137. The van der Waals surface area contributed by atoms with Crippen LogP contribution in [0.2, 0.25) is 0 Å². The summed E-state index contributed by atoms with van der Waals surface area (Å²) in [4.78, 5) is 0. The number of hydrogen-bond donors (Lipinski definition) is 13. The van der Waals surface area contributed by atoms with Crippen molar-refractivity contribution < 1.29 is 114 Å². The van der Waals surface area contributed by atoms with Gasteiger partial charge >= 0.3 is 0 Å². The fraction of sp³-hybridized carbons (Fsp3) is 0.962. The first-order chi connectivity index (χ1) is 35.6. The fourth-order valence-corrected chi connectivity index (χ4v) is 15.3. The molecular formula is C52H86O23. The van der Waals surface area contributed by atoms with Gasteiger partial charge in [0, 0.05) is 19.4 Å². The SMILES string of the molecule is COC1(CC[C@@H](C)CO[C@@H]2O[C@H](CO)[C@@H](O)[C@H](O)[C@H]2O)OC2CC3C4CC=C5C[C@@H](O[C@@H]6O[C@H](CO)[C@@H](O)[C@H](O[C@@H]7O[C@H](CO)[C@@H](O)[C@H](O)[C@H]7O)[C@H]6O[C@@H]6O[C@@H](C)[C@H](O)[C@@H](O)[C@H]6O)CC[C@]5(C)C4CC[C@]3(C)C2[C@@H]1C. The molecule has 0 radical (unpaired) electrons. The average Bonchev–Trinajstić information content (AvgIpc) is 3.92. The van der Waals surface area contributed by atoms with Crippen LogP contribution in [0.25, 0.3) is 0 Å². The van der Waals surface area contributed by atoms with E-state index in [1.807, 2.05) is 6.92 Å². The van der Waals surface area contributed by atoms with Crippen molar-refractivity contribution in [1.29, 1.82) is 0 Å². The molecule has 3 saturated carbocycles. The zero-order valence-electron chi connectivity index (χ0n) is 43.8. The number of methoxy groups -OCH3 is 1. The Labute approximate surface area is 437 Å². The van der Waals surface area contributed by atoms with Gasteiger partial charge in [-0.3, -0.25) is 0 Å². The van der Waals surface area contributed by atoms with Gasteiger partial charge in [0.2, 0.25) is 0 Å². The summed E-state index contributed by atoms with van der Waals surface area (Å²) in [5.74, 6) is 0.765. The van der Waals surface area contributed by atoms with E-state index in [9.17, 15) is 66.4 Å². The summed E-state index contributed by atoms with van der Waals surface area (Å²) < 4.78 is 61.6. The average molecular weight is 1080 g/mol. The smallest absolute Gasteiger partial charge is 0.187 e. The Bertz CT molecular complexity index is 1930. The normalized spacial score (nSPS) is 54.3. The predicted octanol–water partition coefficient (Wildman–Crippen LogP) is -2.35. The molecule has 0 aromatic carbocycles. The molecule has 5 heterocycles. The second kappa shape index (κ2) is 23.0. The molecule has 9 rings (SSSR count). The lowest BCUT2D eigenvalue weighted by Gasteiger charge is -2.58. The summed E-state index contributed by atoms with van der Waals surface area (Å²) in [6.45, 7) is 8.74. The molecule has 0 aromatic heterocycles. The minimum Gasteiger partial charge on any atom is -0.394 e. The molecule has 5 aliphatic heterocycles. The van der Waals surface area contributed by atoms with Crippen LogP contribution in [-0.4, -0.2) is 241 Å². The number of hydrogen-bond acceptors (Lipinski definition) is 23. The Morgan fingerprint density at radius 2 is 1.21 bits per heavy atom. The molecule has 8 fully saturated rings. The van der Waals surface area contributed by atoms with Crippen LogP contribution in [0.3, 0.4) is 0 Å². The van der Waals surface area contributed by atoms with E-state index in [1.165, 1.54) is 12.5 Å². The Morgan fingerprint density at radius 1 is 0.640 bits per heavy atom. The van der Waals surface area contributed by atoms with E-state index in [4.69, 9.17) is 47.4 Å². The van der Waals surface area contributed by atoms with Gasteiger partial charge in [0.15, 0.2) is 30.9 Å². The summed E-state index contributed by atoms with van der Waals surface area (Å²) in [5.41, 5.74) is 1.11. The zero-order valence-corrected chi connectivity index (χ0v) is 43.8. The Balaban J connectivity index is 0.871. The largest absolute Gasteiger partial charge is 0.394 e. The van der Waals surface area contributed by atoms with E-state index in [2.05, 4.69) is 26.8 Å². The molecule has 75 heavy (non-hydrogen) atoms. The minimum absolute atomic E-state index is 0.00228. The van der Waals surface area contributed by atoms with Crippen LogP contribution in [0.4, 0.5) is 0 Å². The van der Waals surface area contributed by atoms with Crippen molar-refractivity contribution in [3.05, 3.63) is 11.6 Å². The predicted molar refractivity (Wildman–Crippen MR) is 255 cm³/mol. The van der Waals surface area contributed by atoms with Gasteiger partial charge in [0.05, 0.1) is 44.7 Å². The van der Waals surface area contributed by atoms with Crippen LogP contribution in [0.1, 0.15) is 92.4 Å². The van der Waals surface area contributed by atoms with Crippen molar-refractivity contribution in [3.8, 4) is 0 Å². The first-order valence-electron chi connectivity index (χ1n) is 27.3. The maximum absolute atomic E-state index is 11.6. The second-order valence-electron chi connectivity index (χ2n) is 24.0. The van der Waals surface area contributed by atoms with Crippen LogP contribution in [0.5, 0.6) is 0 Å². The van der Waals surface area contributed by atoms with Gasteiger partial charge in [-0.1, -0.05) is 39.3 Å². The lowest BCUT2D eigenvalue weighted by Crippen LogP contribution is -2.67. The number of fused-ring (bicyclic) bond motifs is 7. The quantitative estimate of drug-likeness (QED) is 0.0720. The van der Waals surface area contributed by atoms with E-state index in [0.29, 0.717) is 43.4 Å². The van der Waals surface area contributed by atoms with Crippen molar-refractivity contribution in [2.24, 2.45) is 46.3 Å². The third-order valence-corrected chi connectivity index (χ3v) is 19.8. The first-order valence-corrected chi connectivity index (χ1v) is 27.3. The molecule has 23 nitrogen and oxygen atoms in total. The molecule has 0 spiro atoms. The van der Waals surface area contributed by atoms with E-state index >= 15 is 0 Å². The number of aliphatic hydroxyl groups is 13. The van der Waals surface area contributed by atoms with Gasteiger partial charge in [0.1, 0.15) is 91.6 Å². The minimum atomic E-state index is -1.88. The molecule has 31 atom stereocenters. The van der Waals surface area contributed by atoms with Crippen LogP contribution in [-0.2, 0) is 47.4 Å². The first kappa shape index (κ1) is 58.5. The number of allylic oxidation sites excluding steroid dienone is 1. The lowest BCUT2D eigenvalue weighted by molar-refractivity contribution is -0.394. The summed E-state index contributed by atoms with van der Waals surface area (Å²) in [7, 11) is 1.71. The maximum Gasteiger partial charge on any atom is 0.187 e. The van der Waals surface area contributed by atoms with Crippen molar-refractivity contribution in [2.75, 3.05) is 33.5 Å². The van der Waals surface area contributed by atoms with Crippen LogP contribution in [0, 0.1) is 46.3 Å². The van der Waals surface area contributed by atoms with Gasteiger partial charge in [-0.15, -0.1) is 0 Å². The molecule has 6 unspecified atom stereocenters. The van der Waals surface area contributed by atoms with Gasteiger partial charge < -0.3 is 114 Å². The highest BCUT2D eigenvalue weighted by Gasteiger charge is 2.68. The highest BCUT2D eigenvalue weighted by atomic mass is 16.8. The van der Waals surface area contributed by atoms with E-state index in [1.54, 1.807) is 7.11 Å². The Hall–Kier alpha value is -1.18. The maximum atomic E-state index is 11.6. The number of rotatable bonds is 16. The van der Waals surface area contributed by atoms with Crippen molar-refractivity contribution in [1.82, 2.24) is 0 Å². The molecule has 0 amide bonds. The van der Waals surface area contributed by atoms with Crippen LogP contribution >= 0.6 is 0 Å². The monoisotopic (exact) mass is 1080 g/mol. The Kier molecular flexibility index (Phi) is 17.9. The standard InChI is InChI=1S/C52H86O23/c1-21(20-67-46-41(63)39(61)35(57)30(17-53)70-46)9-14-52(66-6)22(2)33-29(75-52)16-28-26-8-7-24-15-25(10-12-50(24,4)27(26)11-13-51(28,33)5)69-49-45(74-47-42(64)38(60)34(56)23(3)68-47)44(37(59)32(19-55)72-49)73-48-43(65)40(62)36(58)31(18-54)71-48/h7,21-23,25-49,53-65H,8-20H2,1-6H3/t21-,22+,23+,25+,26?,27?,28?,29?,30-,31-,32-,33?,34+,35-,36-,37-,38-,39+,40+,41-,42-,43-,44+,45-,46-,47+,48+,49-,50+,51+,52?/m1/s1. The van der Waals surface area contributed by atoms with Crippen molar-refractivity contribution in [2.45, 2.75) is 233 Å². The van der Waals surface area contributed by atoms with Gasteiger partial charge in [-0.05, 0) is 98.7 Å². The highest BCUT2D eigenvalue weighted by Crippen LogP contribution is 2.70. The number of aliphatic hydroxyl groups excluding tert-OH is 13. The molecule has 13 N–H and O–H groups in total. The topological polar surface area (TPSA) is 355 Å². The van der Waals surface area contributed by atoms with E-state index in [0.717, 1.165) is 32.1 Å². The van der Waals surface area contributed by atoms with Crippen LogP contribution in [0.15, 0.2) is 11.6 Å². The molecule has 9 aliphatic rings. The van der Waals surface area contributed by atoms with Crippen molar-refractivity contribution >= 4 is 0 Å². The summed E-state index contributed by atoms with van der Waals surface area (Å²) in [6, 6.07) is 0. The third kappa shape index (κ3) is 10.5. The zero-order chi connectivity index (χ0) is 54.2. The molecule has 4 aliphatic carbocycles.